The van der Waals surface area contributed by atoms with E-state index in [1.165, 1.54) is 24.3 Å². The number of phenols is 2. The van der Waals surface area contributed by atoms with E-state index >= 15 is 0 Å². The minimum Gasteiger partial charge on any atom is -0.504 e. The Labute approximate surface area is 128 Å². The Hall–Kier alpha value is -2.79. The smallest absolute Gasteiger partial charge is 0.244 e. The molecule has 22 heavy (non-hydrogen) atoms. The number of carbonyl (C=O) groups excluding carboxylic acids is 1. The van der Waals surface area contributed by atoms with Gasteiger partial charge in [-0.15, -0.1) is 0 Å². The standard InChI is InChI=1S/C17H17NO4/c19-14-8-6-12(10-15(14)20)7-9-17(22)18-11-16(21)13-4-2-1-3-5-13/h1-10,16,19-21H,11H2,(H,18,22)/b9-7+/t16-/m1/s1. The van der Waals surface area contributed by atoms with E-state index in [4.69, 9.17) is 0 Å². The Morgan fingerprint density at radius 2 is 1.82 bits per heavy atom. The number of rotatable bonds is 5. The van der Waals surface area contributed by atoms with Crippen molar-refractivity contribution in [2.45, 2.75) is 6.10 Å². The molecule has 1 atom stereocenters. The second-order valence-electron chi connectivity index (χ2n) is 4.75. The zero-order chi connectivity index (χ0) is 15.9. The van der Waals surface area contributed by atoms with Crippen LogP contribution in [0.4, 0.5) is 0 Å². The highest BCUT2D eigenvalue weighted by molar-refractivity contribution is 5.91. The van der Waals surface area contributed by atoms with Gasteiger partial charge in [0.25, 0.3) is 0 Å². The van der Waals surface area contributed by atoms with Gasteiger partial charge in [0, 0.05) is 12.6 Å². The number of aromatic hydroxyl groups is 2. The van der Waals surface area contributed by atoms with Gasteiger partial charge in [0.05, 0.1) is 6.10 Å². The van der Waals surface area contributed by atoms with Gasteiger partial charge in [-0.1, -0.05) is 36.4 Å². The first-order chi connectivity index (χ1) is 10.6. The molecule has 2 aromatic carbocycles. The van der Waals surface area contributed by atoms with E-state index in [0.29, 0.717) is 5.56 Å². The van der Waals surface area contributed by atoms with E-state index in [0.717, 1.165) is 5.56 Å². The number of phenolic OH excluding ortho intramolecular Hbond substituents is 2. The summed E-state index contributed by atoms with van der Waals surface area (Å²) in [5, 5.41) is 31.1. The average molecular weight is 299 g/mol. The molecule has 0 heterocycles. The van der Waals surface area contributed by atoms with Crippen LogP contribution in [0.3, 0.4) is 0 Å². The highest BCUT2D eigenvalue weighted by Crippen LogP contribution is 2.25. The van der Waals surface area contributed by atoms with E-state index in [9.17, 15) is 20.1 Å². The van der Waals surface area contributed by atoms with Crippen LogP contribution in [0, 0.1) is 0 Å². The third-order valence-electron chi connectivity index (χ3n) is 3.08. The average Bonchev–Trinajstić information content (AvgIpc) is 2.54. The largest absolute Gasteiger partial charge is 0.504 e. The summed E-state index contributed by atoms with van der Waals surface area (Å²) < 4.78 is 0. The molecule has 2 aromatic rings. The van der Waals surface area contributed by atoms with Crippen LogP contribution in [0.15, 0.2) is 54.6 Å². The van der Waals surface area contributed by atoms with Gasteiger partial charge < -0.3 is 20.6 Å². The first-order valence-electron chi connectivity index (χ1n) is 6.77. The zero-order valence-electron chi connectivity index (χ0n) is 11.8. The molecule has 0 saturated carbocycles. The van der Waals surface area contributed by atoms with E-state index in [2.05, 4.69) is 5.32 Å². The molecule has 5 heteroatoms. The molecule has 0 fully saturated rings. The van der Waals surface area contributed by atoms with Crippen molar-refractivity contribution in [1.29, 1.82) is 0 Å². The van der Waals surface area contributed by atoms with Crippen molar-refractivity contribution in [2.75, 3.05) is 6.54 Å². The third-order valence-corrected chi connectivity index (χ3v) is 3.08. The molecule has 0 radical (unpaired) electrons. The summed E-state index contributed by atoms with van der Waals surface area (Å²) in [5.41, 5.74) is 1.31. The monoisotopic (exact) mass is 299 g/mol. The van der Waals surface area contributed by atoms with Crippen LogP contribution < -0.4 is 5.32 Å². The van der Waals surface area contributed by atoms with Crippen LogP contribution in [0.1, 0.15) is 17.2 Å². The second kappa shape index (κ2) is 7.28. The lowest BCUT2D eigenvalue weighted by molar-refractivity contribution is -0.116. The summed E-state index contributed by atoms with van der Waals surface area (Å²) in [5.74, 6) is -0.822. The van der Waals surface area contributed by atoms with Gasteiger partial charge >= 0.3 is 0 Å². The Bertz CT molecular complexity index is 668. The van der Waals surface area contributed by atoms with Crippen LogP contribution in [0.5, 0.6) is 11.5 Å². The highest BCUT2D eigenvalue weighted by Gasteiger charge is 2.07. The van der Waals surface area contributed by atoms with Crippen molar-refractivity contribution in [1.82, 2.24) is 5.32 Å². The number of carbonyl (C=O) groups is 1. The van der Waals surface area contributed by atoms with Crippen LogP contribution in [0.2, 0.25) is 0 Å². The maximum atomic E-state index is 11.7. The molecule has 1 amide bonds. The van der Waals surface area contributed by atoms with Crippen molar-refractivity contribution >= 4 is 12.0 Å². The molecular formula is C17H17NO4. The zero-order valence-corrected chi connectivity index (χ0v) is 11.8. The van der Waals surface area contributed by atoms with E-state index in [1.54, 1.807) is 18.2 Å². The van der Waals surface area contributed by atoms with Gasteiger partial charge in [0.2, 0.25) is 5.91 Å². The number of aliphatic hydroxyl groups excluding tert-OH is 1. The van der Waals surface area contributed by atoms with Gasteiger partial charge in [-0.2, -0.15) is 0 Å². The normalized spacial score (nSPS) is 12.2. The predicted molar refractivity (Wildman–Crippen MR) is 83.2 cm³/mol. The summed E-state index contributed by atoms with van der Waals surface area (Å²) >= 11 is 0. The van der Waals surface area contributed by atoms with E-state index in [-0.39, 0.29) is 24.0 Å². The number of nitrogens with one attached hydrogen (secondary N) is 1. The first-order valence-corrected chi connectivity index (χ1v) is 6.77. The van der Waals surface area contributed by atoms with E-state index < -0.39 is 6.10 Å². The third kappa shape index (κ3) is 4.36. The summed E-state index contributed by atoms with van der Waals surface area (Å²) in [6.45, 7) is 0.105. The second-order valence-corrected chi connectivity index (χ2v) is 4.75. The van der Waals surface area contributed by atoms with Gasteiger partial charge in [-0.05, 0) is 29.3 Å². The highest BCUT2D eigenvalue weighted by atomic mass is 16.3. The molecule has 2 rings (SSSR count). The van der Waals surface area contributed by atoms with Crippen LogP contribution >= 0.6 is 0 Å². The van der Waals surface area contributed by atoms with Gasteiger partial charge in [0.15, 0.2) is 11.5 Å². The molecule has 0 bridgehead atoms. The number of amides is 1. The molecule has 114 valence electrons. The van der Waals surface area contributed by atoms with Crippen molar-refractivity contribution in [2.24, 2.45) is 0 Å². The molecule has 0 aromatic heterocycles. The number of benzene rings is 2. The van der Waals surface area contributed by atoms with Crippen LogP contribution in [-0.2, 0) is 4.79 Å². The van der Waals surface area contributed by atoms with Crippen molar-refractivity contribution in [3.63, 3.8) is 0 Å². The topological polar surface area (TPSA) is 89.8 Å². The molecule has 0 saturated heterocycles. The Kier molecular flexibility index (Phi) is 5.16. The lowest BCUT2D eigenvalue weighted by Crippen LogP contribution is -2.26. The number of aliphatic hydroxyl groups is 1. The minimum atomic E-state index is -0.767. The first kappa shape index (κ1) is 15.6. The molecule has 5 nitrogen and oxygen atoms in total. The van der Waals surface area contributed by atoms with Crippen LogP contribution in [0.25, 0.3) is 6.08 Å². The van der Waals surface area contributed by atoms with Crippen molar-refractivity contribution < 1.29 is 20.1 Å². The lowest BCUT2D eigenvalue weighted by atomic mass is 10.1. The summed E-state index contributed by atoms with van der Waals surface area (Å²) in [6, 6.07) is 13.3. The molecular weight excluding hydrogens is 282 g/mol. The fourth-order valence-corrected chi connectivity index (χ4v) is 1.87. The molecule has 4 N–H and O–H groups in total. The predicted octanol–water partition coefficient (Wildman–Crippen LogP) is 1.96. The van der Waals surface area contributed by atoms with Gasteiger partial charge in [-0.3, -0.25) is 4.79 Å². The fraction of sp³-hybridized carbons (Fsp3) is 0.118. The Morgan fingerprint density at radius 3 is 2.50 bits per heavy atom. The van der Waals surface area contributed by atoms with Crippen molar-refractivity contribution in [3.8, 4) is 11.5 Å². The maximum Gasteiger partial charge on any atom is 0.244 e. The van der Waals surface area contributed by atoms with E-state index in [1.807, 2.05) is 18.2 Å². The quantitative estimate of drug-likeness (QED) is 0.502. The molecule has 0 spiro atoms. The lowest BCUT2D eigenvalue weighted by Gasteiger charge is -2.10. The van der Waals surface area contributed by atoms with Crippen molar-refractivity contribution in [3.05, 3.63) is 65.7 Å². The fourth-order valence-electron chi connectivity index (χ4n) is 1.87. The number of hydrogen-bond donors (Lipinski definition) is 4. The minimum absolute atomic E-state index is 0.105. The molecule has 0 unspecified atom stereocenters. The summed E-state index contributed by atoms with van der Waals surface area (Å²) in [7, 11) is 0. The molecule has 0 aliphatic rings. The number of hydrogen-bond acceptors (Lipinski definition) is 4. The molecule has 0 aliphatic heterocycles. The summed E-state index contributed by atoms with van der Waals surface area (Å²) in [4.78, 5) is 11.7. The Balaban J connectivity index is 1.87. The maximum absolute atomic E-state index is 11.7. The Morgan fingerprint density at radius 1 is 1.09 bits per heavy atom. The van der Waals surface area contributed by atoms with Gasteiger partial charge in [0.1, 0.15) is 0 Å². The van der Waals surface area contributed by atoms with Crippen LogP contribution in [-0.4, -0.2) is 27.8 Å². The SMILES string of the molecule is O=C(/C=C/c1ccc(O)c(O)c1)NC[C@@H](O)c1ccccc1. The molecule has 0 aliphatic carbocycles. The summed E-state index contributed by atoms with van der Waals surface area (Å²) in [6.07, 6.45) is 2.03. The van der Waals surface area contributed by atoms with Gasteiger partial charge in [-0.25, -0.2) is 0 Å².